The van der Waals surface area contributed by atoms with Crippen molar-refractivity contribution in [3.05, 3.63) is 133 Å². The Morgan fingerprint density at radius 3 is 1.84 bits per heavy atom. The molecule has 6 rings (SSSR count). The van der Waals surface area contributed by atoms with Crippen LogP contribution >= 0.6 is 20.8 Å². The molecule has 0 aliphatic rings. The minimum absolute atomic E-state index is 0.0741. The Morgan fingerprint density at radius 1 is 0.711 bits per heavy atom. The van der Waals surface area contributed by atoms with E-state index in [2.05, 4.69) is 93.0 Å². The van der Waals surface area contributed by atoms with Crippen molar-refractivity contribution in [3.63, 3.8) is 0 Å². The van der Waals surface area contributed by atoms with E-state index in [1.165, 1.54) is 22.0 Å². The van der Waals surface area contributed by atoms with Crippen molar-refractivity contribution in [3.8, 4) is 0 Å². The molecule has 5 aromatic carbocycles. The summed E-state index contributed by atoms with van der Waals surface area (Å²) in [4.78, 5) is 12.8. The fourth-order valence-electron chi connectivity index (χ4n) is 5.91. The van der Waals surface area contributed by atoms with Gasteiger partial charge in [0.15, 0.2) is 0 Å². The zero-order chi connectivity index (χ0) is 31.4. The Bertz CT molecular complexity index is 1950. The summed E-state index contributed by atoms with van der Waals surface area (Å²) in [6, 6.07) is 43.7. The maximum absolute atomic E-state index is 13.0. The summed E-state index contributed by atoms with van der Waals surface area (Å²) in [5.41, 5.74) is 1.18. The normalized spacial score (nSPS) is 13.0. The van der Waals surface area contributed by atoms with Gasteiger partial charge in [-0.1, -0.05) is 18.2 Å². The Kier molecular flexibility index (Phi) is 8.94. The van der Waals surface area contributed by atoms with Crippen molar-refractivity contribution in [1.29, 1.82) is 0 Å². The summed E-state index contributed by atoms with van der Waals surface area (Å²) in [5.74, 6) is -0.459. The Morgan fingerprint density at radius 2 is 1.24 bits per heavy atom. The van der Waals surface area contributed by atoms with E-state index in [1.807, 2.05) is 42.5 Å². The van der Waals surface area contributed by atoms with Gasteiger partial charge < -0.3 is 4.42 Å². The molecule has 6 aromatic rings. The minimum atomic E-state index is -3.85. The number of esters is 1. The first kappa shape index (κ1) is 31.2. The quantitative estimate of drug-likeness (QED) is 0.0842. The van der Waals surface area contributed by atoms with E-state index in [9.17, 15) is 13.2 Å². The molecule has 0 amide bonds. The third-order valence-corrected chi connectivity index (χ3v) is 19.6. The molecule has 9 heteroatoms. The maximum atomic E-state index is 13.0. The average molecular weight is 703 g/mol. The zero-order valence-corrected chi connectivity index (χ0v) is 27.8. The molecule has 0 aliphatic carbocycles. The van der Waals surface area contributed by atoms with E-state index in [0.29, 0.717) is 17.6 Å². The molecule has 0 saturated carbocycles. The van der Waals surface area contributed by atoms with E-state index in [1.54, 1.807) is 12.1 Å². The van der Waals surface area contributed by atoms with Crippen LogP contribution in [0.3, 0.4) is 0 Å². The third-order valence-electron chi connectivity index (χ3n) is 8.15. The van der Waals surface area contributed by atoms with Crippen LogP contribution in [0.25, 0.3) is 21.9 Å². The summed E-state index contributed by atoms with van der Waals surface area (Å²) in [6.45, 7) is 0.138. The number of benzene rings is 5. The molecule has 0 radical (unpaired) electrons. The van der Waals surface area contributed by atoms with Crippen molar-refractivity contribution in [2.45, 2.75) is 17.7 Å². The summed E-state index contributed by atoms with van der Waals surface area (Å²) < 4.78 is 39.9. The second-order valence-electron chi connectivity index (χ2n) is 10.9. The van der Waals surface area contributed by atoms with Gasteiger partial charge in [0, 0.05) is 10.8 Å². The Labute approximate surface area is 271 Å². The molecule has 0 bridgehead atoms. The zero-order valence-electron chi connectivity index (χ0n) is 24.5. The van der Waals surface area contributed by atoms with Gasteiger partial charge in [0.2, 0.25) is 0 Å². The molecule has 1 heterocycles. The van der Waals surface area contributed by atoms with Crippen molar-refractivity contribution in [2.75, 3.05) is 19.3 Å². The fourth-order valence-corrected chi connectivity index (χ4v) is 14.6. The molecule has 230 valence electrons. The molecular formula is C36H33BrNO5PS. The van der Waals surface area contributed by atoms with Crippen molar-refractivity contribution in [2.24, 2.45) is 0 Å². The summed E-state index contributed by atoms with van der Waals surface area (Å²) in [5, 5.41) is 2.25. The number of rotatable bonds is 12. The van der Waals surface area contributed by atoms with E-state index in [-0.39, 0.29) is 24.5 Å². The second-order valence-corrected chi connectivity index (χ2v) is 21.7. The van der Waals surface area contributed by atoms with Crippen LogP contribution in [0.4, 0.5) is 0 Å². The predicted octanol–water partition coefficient (Wildman–Crippen LogP) is 7.03. The molecule has 1 N–H and O–H groups in total. The van der Waals surface area contributed by atoms with Gasteiger partial charge in [-0.2, -0.15) is 0 Å². The molecule has 0 atom stereocenters. The van der Waals surface area contributed by atoms with E-state index in [0.717, 1.165) is 16.9 Å². The predicted molar refractivity (Wildman–Crippen MR) is 188 cm³/mol. The van der Waals surface area contributed by atoms with Crippen molar-refractivity contribution >= 4 is 74.6 Å². The molecule has 45 heavy (non-hydrogen) atoms. The molecule has 1 aromatic heterocycles. The van der Waals surface area contributed by atoms with Crippen LogP contribution in [0.15, 0.2) is 143 Å². The molecule has 0 fully saturated rings. The second kappa shape index (κ2) is 12.9. The van der Waals surface area contributed by atoms with Gasteiger partial charge in [-0.05, 0) is 6.07 Å². The van der Waals surface area contributed by atoms with E-state index in [4.69, 9.17) is 9.15 Å². The van der Waals surface area contributed by atoms with Crippen LogP contribution < -0.4 is 20.6 Å². The average Bonchev–Trinajstić information content (AvgIpc) is 3.46. The van der Waals surface area contributed by atoms with Gasteiger partial charge in [-0.3, -0.25) is 0 Å². The molecule has 0 aliphatic heterocycles. The van der Waals surface area contributed by atoms with E-state index < -0.39 is 21.3 Å². The molecular weight excluding hydrogens is 669 g/mol. The van der Waals surface area contributed by atoms with Gasteiger partial charge in [-0.15, -0.1) is 0 Å². The van der Waals surface area contributed by atoms with Crippen LogP contribution in [-0.4, -0.2) is 33.7 Å². The number of halogens is 1. The standard InChI is InChI=1S/C36H33BrNO5PS/c37-44(28-13-4-1-5-14-28,29-15-6-2-7-16-29,30-17-8-3-9-18-30)26-12-25-42-36(39)23-24-38-45(40,41)31-21-22-33-32-19-10-11-20-34(32)43-35(33)27-31/h1-11,13-22,27,38H,12,23-26H2. The topological polar surface area (TPSA) is 85.6 Å². The summed E-state index contributed by atoms with van der Waals surface area (Å²) in [7, 11) is -3.85. The molecule has 0 spiro atoms. The first-order valence-corrected chi connectivity index (χ1v) is 20.7. The molecule has 6 nitrogen and oxygen atoms in total. The number of furan rings is 1. The summed E-state index contributed by atoms with van der Waals surface area (Å²) >= 11 is 4.40. The van der Waals surface area contributed by atoms with Crippen LogP contribution in [0.2, 0.25) is 0 Å². The number of hydrogen-bond donors (Lipinski definition) is 1. The Balaban J connectivity index is 1.11. The molecule has 0 unspecified atom stereocenters. The Hall–Kier alpha value is -3.81. The third kappa shape index (κ3) is 6.08. The van der Waals surface area contributed by atoms with Crippen LogP contribution in [-0.2, 0) is 19.6 Å². The van der Waals surface area contributed by atoms with Crippen molar-refractivity contribution in [1.82, 2.24) is 4.72 Å². The van der Waals surface area contributed by atoms with Crippen LogP contribution in [0.5, 0.6) is 0 Å². The molecule has 0 saturated heterocycles. The SMILES string of the molecule is O=C(CCNS(=O)(=O)c1ccc2c(c1)oc1ccccc12)OCCCP(Br)(c1ccccc1)(c1ccccc1)c1ccccc1. The number of ether oxygens (including phenoxy) is 1. The van der Waals surface area contributed by atoms with Crippen molar-refractivity contribution < 1.29 is 22.4 Å². The van der Waals surface area contributed by atoms with Crippen LogP contribution in [0.1, 0.15) is 12.8 Å². The first-order valence-electron chi connectivity index (χ1n) is 14.8. The van der Waals surface area contributed by atoms with Gasteiger partial charge in [-0.25, -0.2) is 0 Å². The van der Waals surface area contributed by atoms with Gasteiger partial charge in [0.05, 0.1) is 0 Å². The van der Waals surface area contributed by atoms with Crippen LogP contribution in [0, 0.1) is 0 Å². The monoisotopic (exact) mass is 701 g/mol. The number of para-hydroxylation sites is 1. The number of nitrogens with one attached hydrogen (secondary N) is 1. The number of carbonyl (C=O) groups excluding carboxylic acids is 1. The van der Waals surface area contributed by atoms with Gasteiger partial charge in [0.1, 0.15) is 5.58 Å². The van der Waals surface area contributed by atoms with Gasteiger partial charge >= 0.3 is 227 Å². The fraction of sp³-hybridized carbons (Fsp3) is 0.139. The first-order chi connectivity index (χ1) is 21.8. The number of carbonyl (C=O) groups is 1. The number of sulfonamides is 1. The number of fused-ring (bicyclic) bond motifs is 3. The number of hydrogen-bond acceptors (Lipinski definition) is 5. The van der Waals surface area contributed by atoms with E-state index >= 15 is 0 Å². The summed E-state index contributed by atoms with van der Waals surface area (Å²) in [6.07, 6.45) is 1.25. The van der Waals surface area contributed by atoms with Gasteiger partial charge in [0.25, 0.3) is 0 Å².